The fourth-order valence-electron chi connectivity index (χ4n) is 2.09. The van der Waals surface area contributed by atoms with E-state index < -0.39 is 10.8 Å². The Labute approximate surface area is 143 Å². The zero-order valence-corrected chi connectivity index (χ0v) is 13.5. The Balaban J connectivity index is 1.80. The van der Waals surface area contributed by atoms with Crippen LogP contribution in [0.1, 0.15) is 0 Å². The van der Waals surface area contributed by atoms with Gasteiger partial charge in [0, 0.05) is 11.8 Å². The fraction of sp³-hybridized carbons (Fsp3) is 0.0714. The Morgan fingerprint density at radius 2 is 2.21 bits per heavy atom. The highest BCUT2D eigenvalue weighted by Gasteiger charge is 2.14. The lowest BCUT2D eigenvalue weighted by atomic mass is 10.2. The highest BCUT2D eigenvalue weighted by Crippen LogP contribution is 2.27. The van der Waals surface area contributed by atoms with Crippen molar-refractivity contribution in [3.63, 3.8) is 0 Å². The molecule has 0 aliphatic carbocycles. The van der Waals surface area contributed by atoms with Crippen LogP contribution >= 0.6 is 22.9 Å². The van der Waals surface area contributed by atoms with Crippen LogP contribution in [0.4, 0.5) is 11.4 Å². The van der Waals surface area contributed by atoms with E-state index in [0.29, 0.717) is 10.2 Å². The summed E-state index contributed by atoms with van der Waals surface area (Å²) in [5, 5.41) is 15.5. The van der Waals surface area contributed by atoms with Crippen molar-refractivity contribution in [2.45, 2.75) is 6.54 Å². The number of carbonyl (C=O) groups is 1. The molecule has 3 aromatic rings. The van der Waals surface area contributed by atoms with Gasteiger partial charge in [-0.3, -0.25) is 24.3 Å². The first-order valence-electron chi connectivity index (χ1n) is 6.62. The second kappa shape index (κ2) is 6.38. The third-order valence-electron chi connectivity index (χ3n) is 3.19. The minimum absolute atomic E-state index is 0.0265. The molecule has 122 valence electrons. The molecule has 0 saturated carbocycles. The normalized spacial score (nSPS) is 10.7. The van der Waals surface area contributed by atoms with Gasteiger partial charge in [-0.05, 0) is 23.6 Å². The van der Waals surface area contributed by atoms with Gasteiger partial charge in [0.15, 0.2) is 0 Å². The Hall–Kier alpha value is -2.78. The average molecular weight is 365 g/mol. The van der Waals surface area contributed by atoms with Crippen LogP contribution < -0.4 is 10.9 Å². The number of halogens is 1. The molecule has 0 spiro atoms. The zero-order valence-electron chi connectivity index (χ0n) is 11.9. The molecule has 1 N–H and O–H groups in total. The van der Waals surface area contributed by atoms with Crippen molar-refractivity contribution in [2.75, 3.05) is 5.32 Å². The molecular formula is C14H9ClN4O4S. The molecule has 0 aliphatic heterocycles. The van der Waals surface area contributed by atoms with Gasteiger partial charge in [-0.1, -0.05) is 11.6 Å². The van der Waals surface area contributed by atoms with Gasteiger partial charge in [-0.2, -0.15) is 0 Å². The van der Waals surface area contributed by atoms with Crippen molar-refractivity contribution < 1.29 is 9.72 Å². The topological polar surface area (TPSA) is 107 Å². The van der Waals surface area contributed by atoms with Crippen LogP contribution in [-0.4, -0.2) is 20.4 Å². The van der Waals surface area contributed by atoms with Crippen LogP contribution in [0.3, 0.4) is 0 Å². The second-order valence-corrected chi connectivity index (χ2v) is 6.09. The van der Waals surface area contributed by atoms with E-state index in [-0.39, 0.29) is 28.5 Å². The van der Waals surface area contributed by atoms with Gasteiger partial charge in [0.25, 0.3) is 11.2 Å². The number of nitrogens with one attached hydrogen (secondary N) is 1. The molecule has 0 atom stereocenters. The Morgan fingerprint density at radius 1 is 1.42 bits per heavy atom. The Kier molecular flexibility index (Phi) is 4.28. The maximum atomic E-state index is 12.2. The van der Waals surface area contributed by atoms with Crippen LogP contribution in [0.15, 0.2) is 40.8 Å². The van der Waals surface area contributed by atoms with E-state index >= 15 is 0 Å². The Morgan fingerprint density at radius 3 is 2.96 bits per heavy atom. The zero-order chi connectivity index (χ0) is 17.3. The molecule has 0 radical (unpaired) electrons. The molecule has 0 bridgehead atoms. The number of fused-ring (bicyclic) bond motifs is 1. The fourth-order valence-corrected chi connectivity index (χ4v) is 3.00. The van der Waals surface area contributed by atoms with Gasteiger partial charge >= 0.3 is 0 Å². The molecule has 0 unspecified atom stereocenters. The Bertz CT molecular complexity index is 1010. The minimum Gasteiger partial charge on any atom is -0.324 e. The minimum atomic E-state index is -0.642. The van der Waals surface area contributed by atoms with Crippen LogP contribution in [0.25, 0.3) is 10.2 Å². The molecule has 0 fully saturated rings. The van der Waals surface area contributed by atoms with Crippen molar-refractivity contribution >= 4 is 50.4 Å². The van der Waals surface area contributed by atoms with Crippen LogP contribution in [0, 0.1) is 10.1 Å². The monoisotopic (exact) mass is 364 g/mol. The summed E-state index contributed by atoms with van der Waals surface area (Å²) in [6, 6.07) is 5.56. The predicted molar refractivity (Wildman–Crippen MR) is 90.6 cm³/mol. The lowest BCUT2D eigenvalue weighted by Crippen LogP contribution is -2.27. The largest absolute Gasteiger partial charge is 0.324 e. The summed E-state index contributed by atoms with van der Waals surface area (Å²) in [6.45, 7) is -0.256. The maximum absolute atomic E-state index is 12.2. The lowest BCUT2D eigenvalue weighted by Gasteiger charge is -2.07. The van der Waals surface area contributed by atoms with Gasteiger partial charge < -0.3 is 5.32 Å². The van der Waals surface area contributed by atoms with Gasteiger partial charge in [0.1, 0.15) is 16.4 Å². The van der Waals surface area contributed by atoms with Gasteiger partial charge in [-0.25, -0.2) is 4.98 Å². The van der Waals surface area contributed by atoms with Crippen molar-refractivity contribution in [1.29, 1.82) is 0 Å². The standard InChI is InChI=1S/C14H9ClN4O4S/c15-10-2-1-8(5-11(10)19(22)23)17-12(20)6-18-7-16-13-9(14(18)21)3-4-24-13/h1-5,7H,6H2,(H,17,20). The summed E-state index contributed by atoms with van der Waals surface area (Å²) in [6.07, 6.45) is 1.30. The predicted octanol–water partition coefficient (Wildman–Crippen LogP) is 2.66. The summed E-state index contributed by atoms with van der Waals surface area (Å²) in [5.74, 6) is -0.509. The van der Waals surface area contributed by atoms with Crippen molar-refractivity contribution in [1.82, 2.24) is 9.55 Å². The van der Waals surface area contributed by atoms with E-state index in [4.69, 9.17) is 11.6 Å². The molecule has 24 heavy (non-hydrogen) atoms. The first kappa shape index (κ1) is 16.1. The van der Waals surface area contributed by atoms with Crippen molar-refractivity contribution in [2.24, 2.45) is 0 Å². The van der Waals surface area contributed by atoms with Gasteiger partial charge in [0.2, 0.25) is 5.91 Å². The average Bonchev–Trinajstić information content (AvgIpc) is 3.01. The molecule has 0 aliphatic rings. The van der Waals surface area contributed by atoms with E-state index in [0.717, 1.165) is 6.07 Å². The van der Waals surface area contributed by atoms with Crippen LogP contribution in [0.2, 0.25) is 5.02 Å². The lowest BCUT2D eigenvalue weighted by molar-refractivity contribution is -0.384. The molecule has 2 aromatic heterocycles. The molecule has 10 heteroatoms. The third-order valence-corrected chi connectivity index (χ3v) is 4.33. The summed E-state index contributed by atoms with van der Waals surface area (Å²) in [7, 11) is 0. The van der Waals surface area contributed by atoms with Gasteiger partial charge in [-0.15, -0.1) is 11.3 Å². The number of nitrogens with zero attached hydrogens (tertiary/aromatic N) is 3. The molecule has 2 heterocycles. The first-order valence-corrected chi connectivity index (χ1v) is 7.88. The first-order chi connectivity index (χ1) is 11.5. The number of amides is 1. The summed E-state index contributed by atoms with van der Waals surface area (Å²) in [5.41, 5.74) is -0.416. The number of anilines is 1. The maximum Gasteiger partial charge on any atom is 0.289 e. The number of aromatic nitrogens is 2. The molecule has 1 amide bonds. The number of carbonyl (C=O) groups excluding carboxylic acids is 1. The summed E-state index contributed by atoms with van der Waals surface area (Å²) in [4.78, 5) is 39.2. The molecular weight excluding hydrogens is 356 g/mol. The van der Waals surface area contributed by atoms with E-state index in [1.165, 1.54) is 34.4 Å². The molecule has 3 rings (SSSR count). The quantitative estimate of drug-likeness (QED) is 0.565. The number of nitro benzene ring substituents is 1. The second-order valence-electron chi connectivity index (χ2n) is 4.79. The highest BCUT2D eigenvalue weighted by molar-refractivity contribution is 7.16. The summed E-state index contributed by atoms with van der Waals surface area (Å²) >= 11 is 7.05. The number of thiophene rings is 1. The number of hydrogen-bond acceptors (Lipinski definition) is 6. The van der Waals surface area contributed by atoms with E-state index in [1.54, 1.807) is 11.4 Å². The third kappa shape index (κ3) is 3.12. The SMILES string of the molecule is O=C(Cn1cnc2sccc2c1=O)Nc1ccc(Cl)c([N+](=O)[O-])c1. The highest BCUT2D eigenvalue weighted by atomic mass is 35.5. The van der Waals surface area contributed by atoms with Crippen molar-refractivity contribution in [3.8, 4) is 0 Å². The van der Waals surface area contributed by atoms with E-state index in [9.17, 15) is 19.7 Å². The molecule has 1 aromatic carbocycles. The van der Waals surface area contributed by atoms with Crippen LogP contribution in [-0.2, 0) is 11.3 Å². The van der Waals surface area contributed by atoms with E-state index in [1.807, 2.05) is 0 Å². The van der Waals surface area contributed by atoms with Crippen LogP contribution in [0.5, 0.6) is 0 Å². The van der Waals surface area contributed by atoms with E-state index in [2.05, 4.69) is 10.3 Å². The smallest absolute Gasteiger partial charge is 0.289 e. The van der Waals surface area contributed by atoms with Gasteiger partial charge in [0.05, 0.1) is 16.6 Å². The summed E-state index contributed by atoms with van der Waals surface area (Å²) < 4.78 is 1.18. The molecule has 0 saturated heterocycles. The number of nitro groups is 1. The number of rotatable bonds is 4. The molecule has 8 nitrogen and oxygen atoms in total. The number of benzene rings is 1. The van der Waals surface area contributed by atoms with Crippen molar-refractivity contribution in [3.05, 3.63) is 61.5 Å². The number of hydrogen-bond donors (Lipinski definition) is 1.